The molecule has 34 heavy (non-hydrogen) atoms. The van der Waals surface area contributed by atoms with Crippen LogP contribution in [-0.2, 0) is 11.3 Å². The monoisotopic (exact) mass is 495 g/mol. The molecule has 0 spiro atoms. The first-order valence-corrected chi connectivity index (χ1v) is 12.3. The summed E-state index contributed by atoms with van der Waals surface area (Å²) in [5.74, 6) is -0.618. The number of thiocarbonyl (C=S) groups is 1. The molecule has 0 radical (unpaired) electrons. The van der Waals surface area contributed by atoms with E-state index in [0.717, 1.165) is 11.3 Å². The number of methoxy groups -OCH3 is 1. The van der Waals surface area contributed by atoms with Crippen LogP contribution in [0.3, 0.4) is 0 Å². The van der Waals surface area contributed by atoms with E-state index in [1.165, 1.54) is 18.4 Å². The molecular weight excluding hydrogens is 466 g/mol. The summed E-state index contributed by atoms with van der Waals surface area (Å²) >= 11 is 7.04. The molecule has 1 aromatic heterocycles. The third-order valence-corrected chi connectivity index (χ3v) is 7.02. The second-order valence-electron chi connectivity index (χ2n) is 7.57. The summed E-state index contributed by atoms with van der Waals surface area (Å²) in [6.45, 7) is 7.34. The van der Waals surface area contributed by atoms with Gasteiger partial charge in [0.15, 0.2) is 5.11 Å². The zero-order valence-corrected chi connectivity index (χ0v) is 21.5. The van der Waals surface area contributed by atoms with Gasteiger partial charge in [-0.1, -0.05) is 48.5 Å². The molecule has 0 saturated heterocycles. The Morgan fingerprint density at radius 2 is 1.59 bits per heavy atom. The van der Waals surface area contributed by atoms with Crippen LogP contribution in [0.2, 0.25) is 0 Å². The van der Waals surface area contributed by atoms with Crippen molar-refractivity contribution >= 4 is 51.2 Å². The third kappa shape index (κ3) is 5.63. The van der Waals surface area contributed by atoms with E-state index in [4.69, 9.17) is 17.0 Å². The topological polar surface area (TPSA) is 61.9 Å². The maximum absolute atomic E-state index is 13.1. The van der Waals surface area contributed by atoms with Gasteiger partial charge in [0, 0.05) is 18.8 Å². The molecule has 6 nitrogen and oxygen atoms in total. The van der Waals surface area contributed by atoms with Crippen LogP contribution < -0.4 is 10.2 Å². The standard InChI is InChI=1S/C26H29N3O3S2/c1-5-28(6-2)24(30)22-18(3)21(25(31)32-4)23(34-22)27-26(33)29(20-15-11-8-12-16-20)17-19-13-9-7-10-14-19/h7-16H,5-6,17H2,1-4H3,(H,27,33). The third-order valence-electron chi connectivity index (χ3n) is 5.50. The van der Waals surface area contributed by atoms with Crippen LogP contribution >= 0.6 is 23.6 Å². The lowest BCUT2D eigenvalue weighted by Gasteiger charge is -2.26. The molecule has 178 valence electrons. The SMILES string of the molecule is CCN(CC)C(=O)c1sc(NC(=S)N(Cc2ccccc2)c2ccccc2)c(C(=O)OC)c1C. The fraction of sp³-hybridized carbons (Fsp3) is 0.269. The first-order chi connectivity index (χ1) is 16.4. The number of amides is 1. The maximum atomic E-state index is 13.1. The number of rotatable bonds is 8. The van der Waals surface area contributed by atoms with E-state index >= 15 is 0 Å². The molecule has 0 aliphatic rings. The van der Waals surface area contributed by atoms with Gasteiger partial charge in [-0.25, -0.2) is 4.79 Å². The minimum absolute atomic E-state index is 0.110. The number of para-hydroxylation sites is 1. The number of nitrogens with one attached hydrogen (secondary N) is 1. The lowest BCUT2D eigenvalue weighted by Crippen LogP contribution is -2.34. The van der Waals surface area contributed by atoms with Gasteiger partial charge >= 0.3 is 5.97 Å². The molecule has 1 heterocycles. The molecule has 1 amide bonds. The van der Waals surface area contributed by atoms with Gasteiger partial charge in [0.1, 0.15) is 5.00 Å². The van der Waals surface area contributed by atoms with Crippen LogP contribution in [-0.4, -0.2) is 42.1 Å². The van der Waals surface area contributed by atoms with Crippen LogP contribution in [0.4, 0.5) is 10.7 Å². The van der Waals surface area contributed by atoms with Crippen LogP contribution in [0.15, 0.2) is 60.7 Å². The van der Waals surface area contributed by atoms with Crippen molar-refractivity contribution in [1.82, 2.24) is 4.90 Å². The lowest BCUT2D eigenvalue weighted by molar-refractivity contribution is 0.0601. The summed E-state index contributed by atoms with van der Waals surface area (Å²) in [5.41, 5.74) is 2.92. The normalized spacial score (nSPS) is 10.5. The highest BCUT2D eigenvalue weighted by Gasteiger charge is 2.28. The molecule has 0 unspecified atom stereocenters. The van der Waals surface area contributed by atoms with Gasteiger partial charge in [-0.2, -0.15) is 0 Å². The van der Waals surface area contributed by atoms with Crippen molar-refractivity contribution in [2.75, 3.05) is 30.4 Å². The van der Waals surface area contributed by atoms with Crippen molar-refractivity contribution in [2.24, 2.45) is 0 Å². The zero-order chi connectivity index (χ0) is 24.7. The summed E-state index contributed by atoms with van der Waals surface area (Å²) in [5, 5.41) is 4.16. The Kier molecular flexibility index (Phi) is 8.79. The van der Waals surface area contributed by atoms with Crippen molar-refractivity contribution in [3.8, 4) is 0 Å². The highest BCUT2D eigenvalue weighted by Crippen LogP contribution is 2.35. The highest BCUT2D eigenvalue weighted by molar-refractivity contribution is 7.80. The molecule has 2 aromatic carbocycles. The Morgan fingerprint density at radius 3 is 2.15 bits per heavy atom. The molecule has 0 fully saturated rings. The van der Waals surface area contributed by atoms with E-state index in [9.17, 15) is 9.59 Å². The molecule has 1 N–H and O–H groups in total. The van der Waals surface area contributed by atoms with E-state index < -0.39 is 5.97 Å². The molecular formula is C26H29N3O3S2. The molecule has 0 bridgehead atoms. The molecule has 0 aliphatic carbocycles. The number of esters is 1. The number of carbonyl (C=O) groups is 2. The number of benzene rings is 2. The van der Waals surface area contributed by atoms with Crippen LogP contribution in [0.1, 0.15) is 45.0 Å². The predicted molar refractivity (Wildman–Crippen MR) is 143 cm³/mol. The van der Waals surface area contributed by atoms with Gasteiger partial charge in [0.05, 0.1) is 24.1 Å². The summed E-state index contributed by atoms with van der Waals surface area (Å²) in [6.07, 6.45) is 0. The number of ether oxygens (including phenoxy) is 1. The summed E-state index contributed by atoms with van der Waals surface area (Å²) < 4.78 is 5.03. The van der Waals surface area contributed by atoms with Gasteiger partial charge in [-0.15, -0.1) is 11.3 Å². The first-order valence-electron chi connectivity index (χ1n) is 11.1. The number of hydrogen-bond donors (Lipinski definition) is 1. The summed E-state index contributed by atoms with van der Waals surface area (Å²) in [6, 6.07) is 19.8. The van der Waals surface area contributed by atoms with E-state index in [2.05, 4.69) is 5.32 Å². The smallest absolute Gasteiger partial charge is 0.341 e. The van der Waals surface area contributed by atoms with E-state index in [1.807, 2.05) is 79.4 Å². The number of anilines is 2. The molecule has 0 atom stereocenters. The van der Waals surface area contributed by atoms with E-state index in [0.29, 0.717) is 45.8 Å². The Morgan fingerprint density at radius 1 is 1.00 bits per heavy atom. The van der Waals surface area contributed by atoms with Gasteiger partial charge in [0.2, 0.25) is 0 Å². The minimum Gasteiger partial charge on any atom is -0.465 e. The fourth-order valence-electron chi connectivity index (χ4n) is 3.63. The molecule has 0 aliphatic heterocycles. The lowest BCUT2D eigenvalue weighted by atomic mass is 10.1. The molecule has 8 heteroatoms. The Labute approximate surface area is 210 Å². The largest absolute Gasteiger partial charge is 0.465 e. The van der Waals surface area contributed by atoms with Crippen LogP contribution in [0.5, 0.6) is 0 Å². The first kappa shape index (κ1) is 25.4. The number of hydrogen-bond acceptors (Lipinski definition) is 5. The minimum atomic E-state index is -0.507. The van der Waals surface area contributed by atoms with Gasteiger partial charge in [-0.3, -0.25) is 4.79 Å². The van der Waals surface area contributed by atoms with Crippen molar-refractivity contribution in [1.29, 1.82) is 0 Å². The van der Waals surface area contributed by atoms with Gasteiger partial charge in [0.25, 0.3) is 5.91 Å². The predicted octanol–water partition coefficient (Wildman–Crippen LogP) is 5.73. The number of thiophene rings is 1. The average Bonchev–Trinajstić information content (AvgIpc) is 3.19. The van der Waals surface area contributed by atoms with Crippen LogP contribution in [0, 0.1) is 6.92 Å². The maximum Gasteiger partial charge on any atom is 0.341 e. The number of carbonyl (C=O) groups excluding carboxylic acids is 2. The van der Waals surface area contributed by atoms with Crippen molar-refractivity contribution in [3.63, 3.8) is 0 Å². The quantitative estimate of drug-likeness (QED) is 0.318. The second kappa shape index (κ2) is 11.8. The average molecular weight is 496 g/mol. The zero-order valence-electron chi connectivity index (χ0n) is 19.8. The Bertz CT molecular complexity index is 1140. The van der Waals surface area contributed by atoms with E-state index in [-0.39, 0.29) is 5.91 Å². The molecule has 3 aromatic rings. The fourth-order valence-corrected chi connectivity index (χ4v) is 5.13. The van der Waals surface area contributed by atoms with Crippen molar-refractivity contribution in [3.05, 3.63) is 82.2 Å². The van der Waals surface area contributed by atoms with Crippen LogP contribution in [0.25, 0.3) is 0 Å². The Balaban J connectivity index is 1.99. The highest BCUT2D eigenvalue weighted by atomic mass is 32.1. The van der Waals surface area contributed by atoms with Gasteiger partial charge < -0.3 is 19.9 Å². The van der Waals surface area contributed by atoms with Crippen molar-refractivity contribution < 1.29 is 14.3 Å². The van der Waals surface area contributed by atoms with Crippen molar-refractivity contribution in [2.45, 2.75) is 27.3 Å². The summed E-state index contributed by atoms with van der Waals surface area (Å²) in [4.78, 5) is 30.0. The van der Waals surface area contributed by atoms with Gasteiger partial charge in [-0.05, 0) is 56.2 Å². The molecule has 0 saturated carbocycles. The second-order valence-corrected chi connectivity index (χ2v) is 8.97. The van der Waals surface area contributed by atoms with E-state index in [1.54, 1.807) is 11.8 Å². The summed E-state index contributed by atoms with van der Waals surface area (Å²) in [7, 11) is 1.33. The Hall–Kier alpha value is -3.23. The number of nitrogens with zero attached hydrogens (tertiary/aromatic N) is 2. The molecule has 3 rings (SSSR count).